The first-order valence-corrected chi connectivity index (χ1v) is 12.9. The molecule has 1 amide bonds. The molecule has 0 aliphatic heterocycles. The number of pyridine rings is 1. The Morgan fingerprint density at radius 2 is 1.60 bits per heavy atom. The van der Waals surface area contributed by atoms with E-state index in [0.717, 1.165) is 6.07 Å². The zero-order valence-corrected chi connectivity index (χ0v) is 22.4. The SMILES string of the molecule is N=c1ccccn1CCOc1ccc(C(=O)NC(CC(=O)OC(=O)C(F)(F)F)c2ccc(-c3ccccc3)c(F)c2)cc1. The number of rotatable bonds is 10. The van der Waals surface area contributed by atoms with Crippen LogP contribution in [-0.4, -0.2) is 35.2 Å². The first kappa shape index (κ1) is 30.7. The number of ether oxygens (including phenoxy) is 2. The average molecular weight is 596 g/mol. The number of carbonyl (C=O) groups is 3. The van der Waals surface area contributed by atoms with Crippen molar-refractivity contribution in [3.8, 4) is 16.9 Å². The topological polar surface area (TPSA) is 110 Å². The summed E-state index contributed by atoms with van der Waals surface area (Å²) in [6.07, 6.45) is -4.54. The van der Waals surface area contributed by atoms with Crippen LogP contribution in [0.2, 0.25) is 0 Å². The highest BCUT2D eigenvalue weighted by atomic mass is 19.4. The van der Waals surface area contributed by atoms with E-state index in [2.05, 4.69) is 10.1 Å². The molecular formula is C31H25F4N3O5. The molecule has 43 heavy (non-hydrogen) atoms. The van der Waals surface area contributed by atoms with E-state index in [-0.39, 0.29) is 23.3 Å². The fourth-order valence-electron chi connectivity index (χ4n) is 4.10. The van der Waals surface area contributed by atoms with Gasteiger partial charge in [-0.15, -0.1) is 0 Å². The molecule has 1 heterocycles. The van der Waals surface area contributed by atoms with Crippen LogP contribution in [-0.2, 0) is 20.9 Å². The van der Waals surface area contributed by atoms with E-state index < -0.39 is 42.3 Å². The molecule has 8 nitrogen and oxygen atoms in total. The van der Waals surface area contributed by atoms with Gasteiger partial charge in [-0.05, 0) is 53.6 Å². The summed E-state index contributed by atoms with van der Waals surface area (Å²) in [6.45, 7) is 0.660. The van der Waals surface area contributed by atoms with Crippen LogP contribution in [0.15, 0.2) is 97.2 Å². The molecule has 1 unspecified atom stereocenters. The summed E-state index contributed by atoms with van der Waals surface area (Å²) in [6, 6.07) is 22.2. The first-order valence-electron chi connectivity index (χ1n) is 12.9. The van der Waals surface area contributed by atoms with Crippen molar-refractivity contribution in [1.82, 2.24) is 9.88 Å². The lowest BCUT2D eigenvalue weighted by atomic mass is 9.98. The predicted molar refractivity (Wildman–Crippen MR) is 146 cm³/mol. The highest BCUT2D eigenvalue weighted by Gasteiger charge is 2.42. The summed E-state index contributed by atoms with van der Waals surface area (Å²) in [5, 5.41) is 10.4. The maximum Gasteiger partial charge on any atom is 0.491 e. The summed E-state index contributed by atoms with van der Waals surface area (Å²) in [7, 11) is 0. The first-order chi connectivity index (χ1) is 20.5. The van der Waals surface area contributed by atoms with Crippen molar-refractivity contribution >= 4 is 17.8 Å². The molecule has 0 saturated carbocycles. The Hall–Kier alpha value is -5.26. The molecule has 0 aliphatic carbocycles. The maximum absolute atomic E-state index is 15.1. The van der Waals surface area contributed by atoms with Gasteiger partial charge >= 0.3 is 18.1 Å². The number of alkyl halides is 3. The minimum absolute atomic E-state index is 0.0640. The fraction of sp³-hybridized carbons (Fsp3) is 0.161. The molecule has 0 saturated heterocycles. The molecular weight excluding hydrogens is 570 g/mol. The Labute approximate surface area is 243 Å². The van der Waals surface area contributed by atoms with Crippen LogP contribution in [0.1, 0.15) is 28.4 Å². The van der Waals surface area contributed by atoms with Gasteiger partial charge in [-0.1, -0.05) is 48.5 Å². The van der Waals surface area contributed by atoms with Crippen molar-refractivity contribution in [2.75, 3.05) is 6.61 Å². The number of esters is 2. The highest BCUT2D eigenvalue weighted by molar-refractivity contribution is 5.95. The molecule has 222 valence electrons. The van der Waals surface area contributed by atoms with Crippen LogP contribution in [0, 0.1) is 11.2 Å². The van der Waals surface area contributed by atoms with Gasteiger partial charge in [0.25, 0.3) is 5.91 Å². The van der Waals surface area contributed by atoms with Crippen LogP contribution in [0.4, 0.5) is 17.6 Å². The smallest absolute Gasteiger partial charge is 0.491 e. The normalized spacial score (nSPS) is 11.8. The van der Waals surface area contributed by atoms with E-state index in [1.165, 1.54) is 36.4 Å². The second-order valence-corrected chi connectivity index (χ2v) is 9.25. The van der Waals surface area contributed by atoms with Gasteiger partial charge in [0.2, 0.25) is 0 Å². The second kappa shape index (κ2) is 13.6. The molecule has 4 rings (SSSR count). The van der Waals surface area contributed by atoms with Gasteiger partial charge in [-0.2, -0.15) is 13.2 Å². The van der Waals surface area contributed by atoms with Crippen LogP contribution in [0.25, 0.3) is 11.1 Å². The third kappa shape index (κ3) is 8.38. The van der Waals surface area contributed by atoms with Gasteiger partial charge in [0.15, 0.2) is 0 Å². The lowest BCUT2D eigenvalue weighted by Crippen LogP contribution is -2.33. The third-order valence-electron chi connectivity index (χ3n) is 6.25. The minimum Gasteiger partial charge on any atom is -0.492 e. The Morgan fingerprint density at radius 1 is 0.907 bits per heavy atom. The van der Waals surface area contributed by atoms with Gasteiger partial charge in [-0.25, -0.2) is 9.18 Å². The van der Waals surface area contributed by atoms with Gasteiger partial charge in [0, 0.05) is 17.3 Å². The summed E-state index contributed by atoms with van der Waals surface area (Å²) in [5.74, 6) is -5.25. The highest BCUT2D eigenvalue weighted by Crippen LogP contribution is 2.28. The van der Waals surface area contributed by atoms with Crippen molar-refractivity contribution < 1.29 is 41.4 Å². The maximum atomic E-state index is 15.1. The number of nitrogens with one attached hydrogen (secondary N) is 2. The quantitative estimate of drug-likeness (QED) is 0.146. The second-order valence-electron chi connectivity index (χ2n) is 9.25. The molecule has 3 aromatic carbocycles. The van der Waals surface area contributed by atoms with Crippen molar-refractivity contribution in [1.29, 1.82) is 5.41 Å². The summed E-state index contributed by atoms with van der Waals surface area (Å²) < 4.78 is 64.1. The molecule has 2 N–H and O–H groups in total. The Bertz CT molecular complexity index is 1650. The monoisotopic (exact) mass is 595 g/mol. The molecule has 0 fully saturated rings. The van der Waals surface area contributed by atoms with Crippen LogP contribution in [0.5, 0.6) is 5.75 Å². The number of benzene rings is 3. The average Bonchev–Trinajstić information content (AvgIpc) is 2.98. The number of aromatic nitrogens is 1. The van der Waals surface area contributed by atoms with E-state index in [4.69, 9.17) is 10.1 Å². The largest absolute Gasteiger partial charge is 0.492 e. The van der Waals surface area contributed by atoms with E-state index in [0.29, 0.717) is 23.3 Å². The molecule has 4 aromatic rings. The van der Waals surface area contributed by atoms with E-state index in [9.17, 15) is 27.6 Å². The fourth-order valence-corrected chi connectivity index (χ4v) is 4.10. The van der Waals surface area contributed by atoms with Gasteiger partial charge in [0.1, 0.15) is 23.7 Å². The Kier molecular flexibility index (Phi) is 9.71. The molecule has 0 spiro atoms. The van der Waals surface area contributed by atoms with E-state index in [1.807, 2.05) is 0 Å². The van der Waals surface area contributed by atoms with E-state index >= 15 is 4.39 Å². The van der Waals surface area contributed by atoms with Crippen LogP contribution in [0.3, 0.4) is 0 Å². The van der Waals surface area contributed by atoms with E-state index in [1.54, 1.807) is 59.3 Å². The third-order valence-corrected chi connectivity index (χ3v) is 6.25. The predicted octanol–water partition coefficient (Wildman–Crippen LogP) is 5.35. The van der Waals surface area contributed by atoms with Gasteiger partial charge in [-0.3, -0.25) is 15.0 Å². The van der Waals surface area contributed by atoms with Gasteiger partial charge in [0.05, 0.1) is 19.0 Å². The van der Waals surface area contributed by atoms with Crippen molar-refractivity contribution in [2.45, 2.75) is 25.2 Å². The number of amides is 1. The molecule has 0 bridgehead atoms. The number of hydrogen-bond acceptors (Lipinski definition) is 6. The van der Waals surface area contributed by atoms with Crippen molar-refractivity contribution in [3.63, 3.8) is 0 Å². The number of carbonyl (C=O) groups excluding carboxylic acids is 3. The minimum atomic E-state index is -5.40. The summed E-state index contributed by atoms with van der Waals surface area (Å²) in [4.78, 5) is 36.4. The van der Waals surface area contributed by atoms with Crippen molar-refractivity contribution in [3.05, 3.63) is 120 Å². The lowest BCUT2D eigenvalue weighted by Gasteiger charge is -2.20. The standard InChI is InChI=1S/C31H25F4N3O5/c32-25-18-22(11-14-24(25)20-6-2-1-3-7-20)26(19-28(39)43-30(41)31(33,34)35)37-29(40)21-9-12-23(13-10-21)42-17-16-38-15-5-4-8-27(38)36/h1-15,18,26,36H,16-17,19H2,(H,37,40). The lowest BCUT2D eigenvalue weighted by molar-refractivity contribution is -0.202. The Morgan fingerprint density at radius 3 is 2.26 bits per heavy atom. The summed E-state index contributed by atoms with van der Waals surface area (Å²) >= 11 is 0. The zero-order valence-electron chi connectivity index (χ0n) is 22.4. The molecule has 0 aliphatic rings. The van der Waals surface area contributed by atoms with Crippen LogP contribution >= 0.6 is 0 Å². The number of nitrogens with zero attached hydrogens (tertiary/aromatic N) is 1. The van der Waals surface area contributed by atoms with Crippen molar-refractivity contribution in [2.24, 2.45) is 0 Å². The van der Waals surface area contributed by atoms with Gasteiger partial charge < -0.3 is 19.4 Å². The van der Waals surface area contributed by atoms with Crippen LogP contribution < -0.4 is 15.5 Å². The number of halogens is 4. The molecule has 0 radical (unpaired) electrons. The molecule has 12 heteroatoms. The molecule has 1 aromatic heterocycles. The Balaban J connectivity index is 1.48. The summed E-state index contributed by atoms with van der Waals surface area (Å²) in [5.41, 5.74) is 1.28. The molecule has 1 atom stereocenters. The number of hydrogen-bond donors (Lipinski definition) is 2. The zero-order chi connectivity index (χ0) is 31.0.